The quantitative estimate of drug-likeness (QED) is 0.519. The number of hydrogen-bond donors (Lipinski definition) is 1. The first-order valence-electron chi connectivity index (χ1n) is 11.7. The lowest BCUT2D eigenvalue weighted by Crippen LogP contribution is -2.51. The SMILES string of the molecule is O=C(C[C@@H]1CN(c2n[nH]c(=O)c3ccc(F)cc23)CCO1)N1CCN(c2ncc(C(F)(F)F)cn2)CC1. The van der Waals surface area contributed by atoms with Gasteiger partial charge < -0.3 is 19.4 Å². The summed E-state index contributed by atoms with van der Waals surface area (Å²) < 4.78 is 57.9. The molecule has 0 saturated carbocycles. The van der Waals surface area contributed by atoms with Crippen LogP contribution in [0.5, 0.6) is 0 Å². The number of halogens is 4. The zero-order valence-corrected chi connectivity index (χ0v) is 19.5. The Balaban J connectivity index is 1.19. The van der Waals surface area contributed by atoms with Crippen molar-refractivity contribution in [2.45, 2.75) is 18.7 Å². The van der Waals surface area contributed by atoms with E-state index in [2.05, 4.69) is 20.2 Å². The smallest absolute Gasteiger partial charge is 0.374 e. The summed E-state index contributed by atoms with van der Waals surface area (Å²) in [4.78, 5) is 37.9. The Morgan fingerprint density at radius 1 is 1.05 bits per heavy atom. The Hall–Kier alpha value is -3.81. The second-order valence-electron chi connectivity index (χ2n) is 8.85. The number of rotatable bonds is 4. The third kappa shape index (κ3) is 5.33. The van der Waals surface area contributed by atoms with Crippen molar-refractivity contribution in [1.29, 1.82) is 0 Å². The number of carbonyl (C=O) groups excluding carboxylic acids is 1. The number of nitrogens with zero attached hydrogens (tertiary/aromatic N) is 6. The average Bonchev–Trinajstić information content (AvgIpc) is 2.88. The van der Waals surface area contributed by atoms with Crippen molar-refractivity contribution >= 4 is 28.4 Å². The van der Waals surface area contributed by atoms with E-state index in [1.54, 1.807) is 9.80 Å². The van der Waals surface area contributed by atoms with Gasteiger partial charge in [0.05, 0.1) is 30.1 Å². The van der Waals surface area contributed by atoms with Crippen LogP contribution in [0.25, 0.3) is 10.8 Å². The summed E-state index contributed by atoms with van der Waals surface area (Å²) in [6.45, 7) is 2.61. The molecule has 10 nitrogen and oxygen atoms in total. The van der Waals surface area contributed by atoms with Gasteiger partial charge in [0.1, 0.15) is 5.82 Å². The number of hydrogen-bond acceptors (Lipinski definition) is 8. The number of alkyl halides is 3. The number of morpholine rings is 1. The Morgan fingerprint density at radius 2 is 1.78 bits per heavy atom. The van der Waals surface area contributed by atoms with Crippen LogP contribution >= 0.6 is 0 Å². The van der Waals surface area contributed by atoms with Gasteiger partial charge in [0.15, 0.2) is 5.82 Å². The molecule has 5 rings (SSSR count). The van der Waals surface area contributed by atoms with Crippen LogP contribution in [0.3, 0.4) is 0 Å². The number of anilines is 2. The largest absolute Gasteiger partial charge is 0.419 e. The van der Waals surface area contributed by atoms with Crippen molar-refractivity contribution in [2.24, 2.45) is 0 Å². The van der Waals surface area contributed by atoms with Crippen LogP contribution < -0.4 is 15.4 Å². The van der Waals surface area contributed by atoms with Crippen LogP contribution in [0.2, 0.25) is 0 Å². The summed E-state index contributed by atoms with van der Waals surface area (Å²) in [7, 11) is 0. The van der Waals surface area contributed by atoms with E-state index in [0.717, 1.165) is 12.4 Å². The molecule has 0 spiro atoms. The average molecular weight is 521 g/mol. The molecule has 0 radical (unpaired) electrons. The molecule has 2 aliphatic heterocycles. The molecule has 2 aliphatic rings. The molecule has 1 aromatic carbocycles. The molecule has 1 N–H and O–H groups in total. The van der Waals surface area contributed by atoms with Crippen molar-refractivity contribution in [1.82, 2.24) is 25.1 Å². The molecule has 2 fully saturated rings. The zero-order chi connectivity index (χ0) is 26.2. The number of benzene rings is 1. The maximum absolute atomic E-state index is 13.9. The number of ether oxygens (including phenoxy) is 1. The molecule has 1 atom stereocenters. The van der Waals surface area contributed by atoms with Gasteiger partial charge in [0, 0.05) is 57.0 Å². The molecule has 2 aromatic heterocycles. The predicted molar refractivity (Wildman–Crippen MR) is 125 cm³/mol. The van der Waals surface area contributed by atoms with Crippen molar-refractivity contribution in [3.05, 3.63) is 52.3 Å². The predicted octanol–water partition coefficient (Wildman–Crippen LogP) is 1.82. The van der Waals surface area contributed by atoms with Crippen LogP contribution in [-0.2, 0) is 15.7 Å². The molecule has 2 saturated heterocycles. The normalized spacial score (nSPS) is 18.9. The van der Waals surface area contributed by atoms with Gasteiger partial charge in [-0.05, 0) is 18.2 Å². The maximum Gasteiger partial charge on any atom is 0.419 e. The van der Waals surface area contributed by atoms with E-state index in [0.29, 0.717) is 62.5 Å². The minimum absolute atomic E-state index is 0.114. The van der Waals surface area contributed by atoms with Gasteiger partial charge >= 0.3 is 6.18 Å². The van der Waals surface area contributed by atoms with Crippen LogP contribution in [0, 0.1) is 5.82 Å². The van der Waals surface area contributed by atoms with Crippen molar-refractivity contribution in [3.63, 3.8) is 0 Å². The molecule has 4 heterocycles. The first-order chi connectivity index (χ1) is 17.7. The topological polar surface area (TPSA) is 108 Å². The molecular weight excluding hydrogens is 498 g/mol. The van der Waals surface area contributed by atoms with Crippen molar-refractivity contribution in [3.8, 4) is 0 Å². The summed E-state index contributed by atoms with van der Waals surface area (Å²) in [6.07, 6.45) is -3.32. The number of aromatic nitrogens is 4. The third-order valence-corrected chi connectivity index (χ3v) is 6.45. The molecule has 14 heteroatoms. The monoisotopic (exact) mass is 521 g/mol. The number of amides is 1. The van der Waals surface area contributed by atoms with Crippen LogP contribution in [0.4, 0.5) is 29.3 Å². The lowest BCUT2D eigenvalue weighted by Gasteiger charge is -2.37. The minimum Gasteiger partial charge on any atom is -0.374 e. The van der Waals surface area contributed by atoms with Crippen LogP contribution in [0.1, 0.15) is 12.0 Å². The first kappa shape index (κ1) is 24.9. The summed E-state index contributed by atoms with van der Waals surface area (Å²) >= 11 is 0. The lowest BCUT2D eigenvalue weighted by atomic mass is 10.1. The Kier molecular flexibility index (Phi) is 6.67. The molecule has 0 aliphatic carbocycles. The highest BCUT2D eigenvalue weighted by atomic mass is 19.4. The number of carbonyl (C=O) groups is 1. The van der Waals surface area contributed by atoms with E-state index in [1.165, 1.54) is 18.2 Å². The molecule has 3 aromatic rings. The highest BCUT2D eigenvalue weighted by Gasteiger charge is 2.32. The van der Waals surface area contributed by atoms with Crippen molar-refractivity contribution in [2.75, 3.05) is 55.7 Å². The second-order valence-corrected chi connectivity index (χ2v) is 8.85. The highest BCUT2D eigenvalue weighted by molar-refractivity contribution is 5.91. The second kappa shape index (κ2) is 9.92. The van der Waals surface area contributed by atoms with E-state index < -0.39 is 29.2 Å². The molecule has 196 valence electrons. The molecule has 0 bridgehead atoms. The molecule has 37 heavy (non-hydrogen) atoms. The standard InChI is InChI=1S/C23H23F4N7O3/c24-15-1-2-17-18(9-15)20(30-31-21(17)36)34-7-8-37-16(13-34)10-19(35)32-3-5-33(6-4-32)22-28-11-14(12-29-22)23(25,26)27/h1-2,9,11-12,16H,3-8,10,13H2,(H,31,36)/t16-/m1/s1. The number of nitrogens with one attached hydrogen (secondary N) is 1. The van der Waals surface area contributed by atoms with Gasteiger partial charge in [-0.3, -0.25) is 9.59 Å². The fraction of sp³-hybridized carbons (Fsp3) is 0.435. The summed E-state index contributed by atoms with van der Waals surface area (Å²) in [5.74, 6) is -0.00410. The fourth-order valence-electron chi connectivity index (χ4n) is 4.51. The van der Waals surface area contributed by atoms with E-state index >= 15 is 0 Å². The minimum atomic E-state index is -4.50. The third-order valence-electron chi connectivity index (χ3n) is 6.45. The maximum atomic E-state index is 13.9. The highest BCUT2D eigenvalue weighted by Crippen LogP contribution is 2.29. The van der Waals surface area contributed by atoms with Gasteiger partial charge in [-0.2, -0.15) is 18.3 Å². The number of H-pyrrole nitrogens is 1. The zero-order valence-electron chi connectivity index (χ0n) is 19.5. The van der Waals surface area contributed by atoms with E-state index in [9.17, 15) is 27.2 Å². The first-order valence-corrected chi connectivity index (χ1v) is 11.7. The number of aromatic amines is 1. The van der Waals surface area contributed by atoms with E-state index in [1.807, 2.05) is 4.90 Å². The number of fused-ring (bicyclic) bond motifs is 1. The van der Waals surface area contributed by atoms with Crippen LogP contribution in [-0.4, -0.2) is 83.0 Å². The van der Waals surface area contributed by atoms with Gasteiger partial charge in [-0.15, -0.1) is 0 Å². The lowest BCUT2D eigenvalue weighted by molar-refractivity contribution is -0.138. The van der Waals surface area contributed by atoms with E-state index in [-0.39, 0.29) is 18.3 Å². The van der Waals surface area contributed by atoms with E-state index in [4.69, 9.17) is 4.74 Å². The van der Waals surface area contributed by atoms with Crippen LogP contribution in [0.15, 0.2) is 35.4 Å². The van der Waals surface area contributed by atoms with Gasteiger partial charge in [0.25, 0.3) is 5.56 Å². The van der Waals surface area contributed by atoms with Gasteiger partial charge in [-0.1, -0.05) is 0 Å². The fourth-order valence-corrected chi connectivity index (χ4v) is 4.51. The summed E-state index contributed by atoms with van der Waals surface area (Å²) in [6, 6.07) is 3.89. The molecule has 0 unspecified atom stereocenters. The Morgan fingerprint density at radius 3 is 2.49 bits per heavy atom. The van der Waals surface area contributed by atoms with Crippen molar-refractivity contribution < 1.29 is 27.1 Å². The molecule has 1 amide bonds. The summed E-state index contributed by atoms with van der Waals surface area (Å²) in [5, 5.41) is 7.27. The summed E-state index contributed by atoms with van der Waals surface area (Å²) in [5.41, 5.74) is -1.33. The Labute approximate surface area is 207 Å². The van der Waals surface area contributed by atoms with Gasteiger partial charge in [0.2, 0.25) is 11.9 Å². The van der Waals surface area contributed by atoms with Gasteiger partial charge in [-0.25, -0.2) is 19.5 Å². The Bertz CT molecular complexity index is 1340. The number of piperazine rings is 1. The molecular formula is C23H23F4N7O3.